The van der Waals surface area contributed by atoms with Crippen molar-refractivity contribution in [1.82, 2.24) is 14.9 Å². The number of Topliss-reactive ketones (excluding diaryl/α,β-unsaturated/α-hetero) is 1. The minimum absolute atomic E-state index is 0.219. The number of nitrogens with zero attached hydrogens (tertiary/aromatic N) is 2. The number of rotatable bonds is 7. The fraction of sp³-hybridized carbons (Fsp3) is 0.500. The van der Waals surface area contributed by atoms with Crippen LogP contribution in [-0.2, 0) is 17.8 Å². The van der Waals surface area contributed by atoms with Crippen LogP contribution in [0.25, 0.3) is 11.0 Å². The Labute approximate surface area is 120 Å². The van der Waals surface area contributed by atoms with E-state index in [1.54, 1.807) is 6.92 Å². The molecule has 0 saturated heterocycles. The zero-order valence-electron chi connectivity index (χ0n) is 12.6. The molecular formula is C16H23N3O. The summed E-state index contributed by atoms with van der Waals surface area (Å²) in [7, 11) is 0. The van der Waals surface area contributed by atoms with Crippen LogP contribution in [0.3, 0.4) is 0 Å². The number of aryl methyl sites for hydroxylation is 2. The summed E-state index contributed by atoms with van der Waals surface area (Å²) in [6.45, 7) is 8.41. The second kappa shape index (κ2) is 6.66. The van der Waals surface area contributed by atoms with Crippen molar-refractivity contribution in [2.24, 2.45) is 0 Å². The third-order valence-corrected chi connectivity index (χ3v) is 3.45. The number of carbonyl (C=O) groups excluding carboxylic acids is 1. The van der Waals surface area contributed by atoms with Gasteiger partial charge in [-0.3, -0.25) is 4.79 Å². The second-order valence-electron chi connectivity index (χ2n) is 5.23. The van der Waals surface area contributed by atoms with Crippen molar-refractivity contribution in [2.75, 3.05) is 13.1 Å². The predicted octanol–water partition coefficient (Wildman–Crippen LogP) is 2.48. The molecule has 0 unspecified atom stereocenters. The number of benzene rings is 1. The molecule has 0 saturated carbocycles. The molecule has 4 nitrogen and oxygen atoms in total. The third-order valence-electron chi connectivity index (χ3n) is 3.45. The summed E-state index contributed by atoms with van der Waals surface area (Å²) in [6.07, 6.45) is 1.45. The zero-order chi connectivity index (χ0) is 14.5. The Hall–Kier alpha value is -1.68. The van der Waals surface area contributed by atoms with E-state index in [0.717, 1.165) is 42.9 Å². The van der Waals surface area contributed by atoms with Gasteiger partial charge in [0.05, 0.1) is 11.0 Å². The first-order valence-electron chi connectivity index (χ1n) is 7.27. The molecule has 1 aromatic carbocycles. The molecular weight excluding hydrogens is 250 g/mol. The second-order valence-corrected chi connectivity index (χ2v) is 5.23. The molecule has 2 aromatic rings. The lowest BCUT2D eigenvalue weighted by atomic mass is 10.2. The maximum absolute atomic E-state index is 11.3. The highest BCUT2D eigenvalue weighted by atomic mass is 16.1. The van der Waals surface area contributed by atoms with Crippen LogP contribution in [0.2, 0.25) is 0 Å². The fourth-order valence-electron chi connectivity index (χ4n) is 2.38. The largest absolute Gasteiger partial charge is 0.328 e. The zero-order valence-corrected chi connectivity index (χ0v) is 12.6. The van der Waals surface area contributed by atoms with E-state index in [1.807, 2.05) is 0 Å². The average Bonchev–Trinajstić information content (AvgIpc) is 2.73. The molecule has 1 aromatic heterocycles. The van der Waals surface area contributed by atoms with Gasteiger partial charge in [-0.15, -0.1) is 0 Å². The third kappa shape index (κ3) is 3.45. The van der Waals surface area contributed by atoms with Crippen LogP contribution in [-0.4, -0.2) is 28.4 Å². The van der Waals surface area contributed by atoms with Crippen molar-refractivity contribution in [3.63, 3.8) is 0 Å². The van der Waals surface area contributed by atoms with Gasteiger partial charge >= 0.3 is 0 Å². The lowest BCUT2D eigenvalue weighted by molar-refractivity contribution is -0.117. The highest BCUT2D eigenvalue weighted by Gasteiger charge is 2.11. The van der Waals surface area contributed by atoms with E-state index >= 15 is 0 Å². The predicted molar refractivity (Wildman–Crippen MR) is 82.0 cm³/mol. The first-order valence-corrected chi connectivity index (χ1v) is 7.27. The lowest BCUT2D eigenvalue weighted by Crippen LogP contribution is -2.18. The van der Waals surface area contributed by atoms with Crippen molar-refractivity contribution in [2.45, 2.75) is 40.2 Å². The molecule has 2 rings (SSSR count). The molecule has 0 bridgehead atoms. The van der Waals surface area contributed by atoms with E-state index in [0.29, 0.717) is 6.42 Å². The van der Waals surface area contributed by atoms with Gasteiger partial charge in [0.2, 0.25) is 0 Å². The van der Waals surface area contributed by atoms with Gasteiger partial charge in [0, 0.05) is 25.9 Å². The van der Waals surface area contributed by atoms with Gasteiger partial charge in [0.15, 0.2) is 0 Å². The van der Waals surface area contributed by atoms with Crippen LogP contribution < -0.4 is 5.32 Å². The number of imidazole rings is 1. The molecule has 0 aliphatic rings. The molecule has 0 aliphatic heterocycles. The summed E-state index contributed by atoms with van der Waals surface area (Å²) in [4.78, 5) is 16.0. The molecule has 0 aliphatic carbocycles. The highest BCUT2D eigenvalue weighted by molar-refractivity contribution is 5.78. The number of hydrogen-bond acceptors (Lipinski definition) is 3. The van der Waals surface area contributed by atoms with Crippen molar-refractivity contribution in [3.8, 4) is 0 Å². The van der Waals surface area contributed by atoms with E-state index < -0.39 is 0 Å². The number of nitrogens with one attached hydrogen (secondary N) is 1. The fourth-order valence-corrected chi connectivity index (χ4v) is 2.38. The van der Waals surface area contributed by atoms with E-state index in [2.05, 4.69) is 41.9 Å². The molecule has 1 heterocycles. The first-order chi connectivity index (χ1) is 9.61. The van der Waals surface area contributed by atoms with E-state index in [9.17, 15) is 4.79 Å². The van der Waals surface area contributed by atoms with Crippen molar-refractivity contribution >= 4 is 16.8 Å². The molecule has 0 amide bonds. The molecule has 0 fully saturated rings. The molecule has 20 heavy (non-hydrogen) atoms. The lowest BCUT2D eigenvalue weighted by Gasteiger charge is -2.08. The molecule has 0 atom stereocenters. The first kappa shape index (κ1) is 14.7. The average molecular weight is 273 g/mol. The van der Waals surface area contributed by atoms with Gasteiger partial charge in [0.1, 0.15) is 11.6 Å². The summed E-state index contributed by atoms with van der Waals surface area (Å²) in [5.74, 6) is 1.28. The van der Waals surface area contributed by atoms with Crippen molar-refractivity contribution in [3.05, 3.63) is 29.6 Å². The standard InChI is InChI=1S/C16H23N3O/c1-4-17-9-7-16-18-14-11-12(2)5-6-15(14)19(16)10-8-13(3)20/h5-6,11,17H,4,7-10H2,1-3H3. The van der Waals surface area contributed by atoms with Gasteiger partial charge in [-0.25, -0.2) is 4.98 Å². The topological polar surface area (TPSA) is 46.9 Å². The number of carbonyl (C=O) groups is 1. The highest BCUT2D eigenvalue weighted by Crippen LogP contribution is 2.18. The number of fused-ring (bicyclic) bond motifs is 1. The van der Waals surface area contributed by atoms with Crippen LogP contribution in [0.1, 0.15) is 31.7 Å². The van der Waals surface area contributed by atoms with Crippen LogP contribution >= 0.6 is 0 Å². The Morgan fingerprint density at radius 2 is 2.20 bits per heavy atom. The maximum atomic E-state index is 11.3. The minimum Gasteiger partial charge on any atom is -0.328 e. The van der Waals surface area contributed by atoms with Crippen molar-refractivity contribution in [1.29, 1.82) is 0 Å². The molecule has 4 heteroatoms. The number of likely N-dealkylation sites (N-methyl/N-ethyl adjacent to an activating group) is 1. The summed E-state index contributed by atoms with van der Waals surface area (Å²) in [5, 5.41) is 3.32. The number of aromatic nitrogens is 2. The van der Waals surface area contributed by atoms with Crippen molar-refractivity contribution < 1.29 is 4.79 Å². The smallest absolute Gasteiger partial charge is 0.131 e. The Balaban J connectivity index is 2.31. The van der Waals surface area contributed by atoms with Crippen LogP contribution in [0.4, 0.5) is 0 Å². The molecule has 108 valence electrons. The van der Waals surface area contributed by atoms with Crippen LogP contribution in [0, 0.1) is 6.92 Å². The van der Waals surface area contributed by atoms with Gasteiger partial charge in [-0.05, 0) is 38.1 Å². The molecule has 0 spiro atoms. The number of hydrogen-bond donors (Lipinski definition) is 1. The van der Waals surface area contributed by atoms with Gasteiger partial charge in [0.25, 0.3) is 0 Å². The normalized spacial score (nSPS) is 11.2. The SMILES string of the molecule is CCNCCc1nc2cc(C)ccc2n1CCC(C)=O. The van der Waals surface area contributed by atoms with Crippen LogP contribution in [0.5, 0.6) is 0 Å². The number of ketones is 1. The van der Waals surface area contributed by atoms with Gasteiger partial charge in [-0.2, -0.15) is 0 Å². The Morgan fingerprint density at radius 1 is 1.40 bits per heavy atom. The summed E-state index contributed by atoms with van der Waals surface area (Å²) in [5.41, 5.74) is 3.37. The summed E-state index contributed by atoms with van der Waals surface area (Å²) >= 11 is 0. The minimum atomic E-state index is 0.219. The van der Waals surface area contributed by atoms with Crippen LogP contribution in [0.15, 0.2) is 18.2 Å². The monoisotopic (exact) mass is 273 g/mol. The van der Waals surface area contributed by atoms with E-state index in [4.69, 9.17) is 4.98 Å². The molecule has 0 radical (unpaired) electrons. The Bertz CT molecular complexity index is 601. The maximum Gasteiger partial charge on any atom is 0.131 e. The van der Waals surface area contributed by atoms with E-state index in [-0.39, 0.29) is 5.78 Å². The van der Waals surface area contributed by atoms with Gasteiger partial charge in [-0.1, -0.05) is 13.0 Å². The quantitative estimate of drug-likeness (QED) is 0.788. The summed E-state index contributed by atoms with van der Waals surface area (Å²) < 4.78 is 2.19. The Morgan fingerprint density at radius 3 is 2.90 bits per heavy atom. The summed E-state index contributed by atoms with van der Waals surface area (Å²) in [6, 6.07) is 6.31. The van der Waals surface area contributed by atoms with E-state index in [1.165, 1.54) is 5.56 Å². The Kier molecular flexibility index (Phi) is 4.90. The molecule has 1 N–H and O–H groups in total. The van der Waals surface area contributed by atoms with Gasteiger partial charge < -0.3 is 9.88 Å².